The Balaban J connectivity index is 2.15. The predicted octanol–water partition coefficient (Wildman–Crippen LogP) is 1.32. The van der Waals surface area contributed by atoms with Crippen LogP contribution < -0.4 is 5.32 Å². The molecule has 1 aliphatic heterocycles. The molecule has 0 aliphatic carbocycles. The third-order valence-corrected chi connectivity index (χ3v) is 3.21. The van der Waals surface area contributed by atoms with Crippen LogP contribution in [-0.4, -0.2) is 23.4 Å². The highest BCUT2D eigenvalue weighted by Gasteiger charge is 2.27. The Morgan fingerprint density at radius 1 is 1.40 bits per heavy atom. The Kier molecular flexibility index (Phi) is 3.07. The maximum Gasteiger partial charge on any atom is 0.139 e. The Morgan fingerprint density at radius 2 is 2.07 bits per heavy atom. The first-order chi connectivity index (χ1) is 7.20. The number of aliphatic hydroxyl groups is 1. The number of aromatic nitrogens is 1. The summed E-state index contributed by atoms with van der Waals surface area (Å²) in [6.07, 6.45) is 1.62. The molecule has 0 amide bonds. The van der Waals surface area contributed by atoms with E-state index in [1.807, 2.05) is 13.8 Å². The molecular weight excluding hydrogens is 192 g/mol. The molecule has 2 heterocycles. The molecule has 1 aromatic rings. The van der Waals surface area contributed by atoms with Crippen LogP contribution in [0.2, 0.25) is 0 Å². The highest BCUT2D eigenvalue weighted by molar-refractivity contribution is 5.24. The zero-order valence-electron chi connectivity index (χ0n) is 9.29. The van der Waals surface area contributed by atoms with Crippen LogP contribution in [0.4, 0.5) is 0 Å². The molecule has 0 aromatic carbocycles. The molecule has 1 saturated heterocycles. The van der Waals surface area contributed by atoms with Crippen molar-refractivity contribution in [3.05, 3.63) is 17.0 Å². The van der Waals surface area contributed by atoms with Gasteiger partial charge in [-0.1, -0.05) is 5.16 Å². The van der Waals surface area contributed by atoms with E-state index >= 15 is 0 Å². The number of nitrogens with one attached hydrogen (secondary N) is 1. The van der Waals surface area contributed by atoms with Gasteiger partial charge in [0.1, 0.15) is 5.76 Å². The van der Waals surface area contributed by atoms with Crippen molar-refractivity contribution in [1.29, 1.82) is 0 Å². The van der Waals surface area contributed by atoms with Crippen molar-refractivity contribution < 1.29 is 9.63 Å². The van der Waals surface area contributed by atoms with Gasteiger partial charge in [-0.2, -0.15) is 0 Å². The molecule has 1 fully saturated rings. The van der Waals surface area contributed by atoms with Crippen molar-refractivity contribution in [2.45, 2.75) is 32.8 Å². The smallest absolute Gasteiger partial charge is 0.139 e. The van der Waals surface area contributed by atoms with Gasteiger partial charge in [-0.3, -0.25) is 0 Å². The average molecular weight is 210 g/mol. The zero-order valence-corrected chi connectivity index (χ0v) is 9.29. The molecule has 1 aliphatic rings. The van der Waals surface area contributed by atoms with Gasteiger partial charge in [-0.15, -0.1) is 0 Å². The van der Waals surface area contributed by atoms with Gasteiger partial charge in [0.15, 0.2) is 0 Å². The second-order valence-corrected chi connectivity index (χ2v) is 4.27. The Morgan fingerprint density at radius 3 is 2.60 bits per heavy atom. The van der Waals surface area contributed by atoms with E-state index < -0.39 is 6.10 Å². The first-order valence-corrected chi connectivity index (χ1v) is 5.51. The monoisotopic (exact) mass is 210 g/mol. The van der Waals surface area contributed by atoms with Gasteiger partial charge in [0, 0.05) is 5.56 Å². The van der Waals surface area contributed by atoms with Gasteiger partial charge in [0.05, 0.1) is 11.8 Å². The van der Waals surface area contributed by atoms with Crippen molar-refractivity contribution >= 4 is 0 Å². The van der Waals surface area contributed by atoms with Crippen LogP contribution in [0.5, 0.6) is 0 Å². The summed E-state index contributed by atoms with van der Waals surface area (Å²) in [6.45, 7) is 5.73. The number of nitrogens with zero attached hydrogens (tertiary/aromatic N) is 1. The molecule has 1 atom stereocenters. The number of aliphatic hydroxyl groups excluding tert-OH is 1. The maximum atomic E-state index is 10.3. The van der Waals surface area contributed by atoms with Gasteiger partial charge in [0.25, 0.3) is 0 Å². The molecular formula is C11H18N2O2. The minimum Gasteiger partial charge on any atom is -0.388 e. The van der Waals surface area contributed by atoms with Gasteiger partial charge in [-0.05, 0) is 45.7 Å². The van der Waals surface area contributed by atoms with Gasteiger partial charge in [-0.25, -0.2) is 0 Å². The largest absolute Gasteiger partial charge is 0.388 e. The van der Waals surface area contributed by atoms with Crippen molar-refractivity contribution in [3.63, 3.8) is 0 Å². The summed E-state index contributed by atoms with van der Waals surface area (Å²) < 4.78 is 5.08. The lowest BCUT2D eigenvalue weighted by molar-refractivity contribution is 0.0871. The lowest BCUT2D eigenvalue weighted by Gasteiger charge is -2.27. The summed E-state index contributed by atoms with van der Waals surface area (Å²) in [6, 6.07) is 0. The summed E-state index contributed by atoms with van der Waals surface area (Å²) in [4.78, 5) is 0. The molecule has 0 radical (unpaired) electrons. The summed E-state index contributed by atoms with van der Waals surface area (Å²) in [7, 11) is 0. The first kappa shape index (κ1) is 10.6. The van der Waals surface area contributed by atoms with Crippen LogP contribution in [0, 0.1) is 19.8 Å². The quantitative estimate of drug-likeness (QED) is 0.773. The molecule has 2 rings (SSSR count). The lowest BCUT2D eigenvalue weighted by atomic mass is 9.87. The summed E-state index contributed by atoms with van der Waals surface area (Å²) in [5.74, 6) is 1.08. The van der Waals surface area contributed by atoms with Crippen molar-refractivity contribution in [2.75, 3.05) is 13.1 Å². The molecule has 15 heavy (non-hydrogen) atoms. The SMILES string of the molecule is Cc1noc(C)c1C(O)C1CCNCC1. The number of hydrogen-bond donors (Lipinski definition) is 2. The number of piperidine rings is 1. The molecule has 4 nitrogen and oxygen atoms in total. The molecule has 4 heteroatoms. The van der Waals surface area contributed by atoms with Gasteiger partial charge < -0.3 is 14.9 Å². The summed E-state index contributed by atoms with van der Waals surface area (Å²) in [5.41, 5.74) is 1.71. The third-order valence-electron chi connectivity index (χ3n) is 3.21. The van der Waals surface area contributed by atoms with E-state index in [0.29, 0.717) is 5.92 Å². The molecule has 1 aromatic heterocycles. The average Bonchev–Trinajstić information content (AvgIpc) is 2.59. The van der Waals surface area contributed by atoms with Crippen LogP contribution in [0.15, 0.2) is 4.52 Å². The number of hydrogen-bond acceptors (Lipinski definition) is 4. The van der Waals surface area contributed by atoms with Crippen molar-refractivity contribution in [1.82, 2.24) is 10.5 Å². The molecule has 0 spiro atoms. The van der Waals surface area contributed by atoms with Gasteiger partial charge in [0.2, 0.25) is 0 Å². The van der Waals surface area contributed by atoms with Crippen LogP contribution in [0.1, 0.15) is 36.0 Å². The molecule has 0 bridgehead atoms. The second-order valence-electron chi connectivity index (χ2n) is 4.27. The third kappa shape index (κ3) is 2.06. The van der Waals surface area contributed by atoms with Crippen molar-refractivity contribution in [3.8, 4) is 0 Å². The molecule has 2 N–H and O–H groups in total. The highest BCUT2D eigenvalue weighted by Crippen LogP contribution is 2.32. The summed E-state index contributed by atoms with van der Waals surface area (Å²) >= 11 is 0. The fourth-order valence-electron chi connectivity index (χ4n) is 2.31. The Labute approximate surface area is 89.7 Å². The fourth-order valence-corrected chi connectivity index (χ4v) is 2.31. The maximum absolute atomic E-state index is 10.3. The number of rotatable bonds is 2. The molecule has 84 valence electrons. The van der Waals surface area contributed by atoms with E-state index in [-0.39, 0.29) is 0 Å². The Hall–Kier alpha value is -0.870. The van der Waals surface area contributed by atoms with Crippen LogP contribution >= 0.6 is 0 Å². The minimum atomic E-state index is -0.418. The summed E-state index contributed by atoms with van der Waals surface area (Å²) in [5, 5.41) is 17.4. The normalized spacial score (nSPS) is 20.5. The lowest BCUT2D eigenvalue weighted by Crippen LogP contribution is -2.31. The van der Waals surface area contributed by atoms with E-state index in [9.17, 15) is 5.11 Å². The van der Waals surface area contributed by atoms with E-state index in [2.05, 4.69) is 10.5 Å². The van der Waals surface area contributed by atoms with Crippen molar-refractivity contribution in [2.24, 2.45) is 5.92 Å². The van der Waals surface area contributed by atoms with E-state index in [0.717, 1.165) is 42.9 Å². The van der Waals surface area contributed by atoms with Gasteiger partial charge >= 0.3 is 0 Å². The second kappa shape index (κ2) is 4.33. The minimum absolute atomic E-state index is 0.336. The predicted molar refractivity (Wildman–Crippen MR) is 56.5 cm³/mol. The van der Waals surface area contributed by atoms with E-state index in [1.165, 1.54) is 0 Å². The Bertz CT molecular complexity index is 310. The zero-order chi connectivity index (χ0) is 10.8. The van der Waals surface area contributed by atoms with E-state index in [1.54, 1.807) is 0 Å². The fraction of sp³-hybridized carbons (Fsp3) is 0.727. The standard InChI is InChI=1S/C11H18N2O2/c1-7-10(8(2)15-13-7)11(14)9-3-5-12-6-4-9/h9,11-12,14H,3-6H2,1-2H3. The highest BCUT2D eigenvalue weighted by atomic mass is 16.5. The molecule has 0 saturated carbocycles. The first-order valence-electron chi connectivity index (χ1n) is 5.51. The van der Waals surface area contributed by atoms with Crippen LogP contribution in [-0.2, 0) is 0 Å². The number of aryl methyl sites for hydroxylation is 2. The topological polar surface area (TPSA) is 58.3 Å². The van der Waals surface area contributed by atoms with Crippen LogP contribution in [0.25, 0.3) is 0 Å². The van der Waals surface area contributed by atoms with Crippen LogP contribution in [0.3, 0.4) is 0 Å². The molecule has 1 unspecified atom stereocenters. The van der Waals surface area contributed by atoms with E-state index in [4.69, 9.17) is 4.52 Å².